The topological polar surface area (TPSA) is 80.9 Å². The zero-order valence-electron chi connectivity index (χ0n) is 34.7. The maximum absolute atomic E-state index is 9.77. The van der Waals surface area contributed by atoms with Crippen molar-refractivity contribution >= 4 is 0 Å². The van der Waals surface area contributed by atoms with Gasteiger partial charge in [-0.1, -0.05) is 138 Å². The fourth-order valence-electron chi connectivity index (χ4n) is 6.91. The van der Waals surface area contributed by atoms with E-state index >= 15 is 0 Å². The predicted molar refractivity (Wildman–Crippen MR) is 226 cm³/mol. The highest BCUT2D eigenvalue weighted by molar-refractivity contribution is 5.44. The van der Waals surface area contributed by atoms with Gasteiger partial charge in [-0.15, -0.1) is 0 Å². The van der Waals surface area contributed by atoms with Crippen molar-refractivity contribution in [1.29, 1.82) is 0 Å². The van der Waals surface area contributed by atoms with Crippen molar-refractivity contribution in [2.75, 3.05) is 0 Å². The van der Waals surface area contributed by atoms with Gasteiger partial charge < -0.3 is 20.4 Å². The van der Waals surface area contributed by atoms with E-state index in [1.165, 1.54) is 62.5 Å². The minimum atomic E-state index is 0.275. The van der Waals surface area contributed by atoms with Crippen molar-refractivity contribution in [1.82, 2.24) is 0 Å². The van der Waals surface area contributed by atoms with Gasteiger partial charge in [0.2, 0.25) is 0 Å². The number of phenolic OH excluding ortho intramolecular Hbond substituents is 4. The van der Waals surface area contributed by atoms with Gasteiger partial charge in [0.1, 0.15) is 23.0 Å². The standard InChI is InChI=1S/C15H16O2.2C10H20.2C7H8O/c1-10-3-5-14(16)12(7-10)9-13-8-11(2)4-6-15(13)17;2*1-8(2)10-6-4-9(3)5-7-10;2*1-6-2-4-7(8)5-3-6/h3-8,16-17H,9H2,1-2H3;2*8-10H,4-7H2,1-3H3;2*2-5,8H,1H3. The molecule has 0 heterocycles. The maximum atomic E-state index is 9.77. The lowest BCUT2D eigenvalue weighted by Crippen LogP contribution is -2.16. The predicted octanol–water partition coefficient (Wildman–Crippen LogP) is 13.6. The van der Waals surface area contributed by atoms with Crippen LogP contribution in [0.1, 0.15) is 126 Å². The summed E-state index contributed by atoms with van der Waals surface area (Å²) in [5.74, 6) is 7.15. The number of benzene rings is 4. The minimum Gasteiger partial charge on any atom is -0.508 e. The molecule has 0 bridgehead atoms. The molecule has 0 atom stereocenters. The molecular formula is C49H72O4. The molecule has 0 spiro atoms. The van der Waals surface area contributed by atoms with Crippen LogP contribution >= 0.6 is 0 Å². The SMILES string of the molecule is CC1CCC(C(C)C)CC1.CC1CCC(C(C)C)CC1.Cc1ccc(O)c(Cc2cc(C)ccc2O)c1.Cc1ccc(O)cc1.Cc1ccc(O)cc1. The number of rotatable bonds is 4. The molecule has 0 saturated heterocycles. The number of hydrogen-bond donors (Lipinski definition) is 4. The quantitative estimate of drug-likeness (QED) is 0.169. The average molecular weight is 725 g/mol. The Morgan fingerprint density at radius 3 is 0.981 bits per heavy atom. The van der Waals surface area contributed by atoms with E-state index in [4.69, 9.17) is 10.2 Å². The van der Waals surface area contributed by atoms with Gasteiger partial charge in [0, 0.05) is 6.42 Å². The van der Waals surface area contributed by atoms with Crippen LogP contribution < -0.4 is 0 Å². The fourth-order valence-corrected chi connectivity index (χ4v) is 6.91. The van der Waals surface area contributed by atoms with Crippen LogP contribution in [-0.4, -0.2) is 20.4 Å². The third-order valence-electron chi connectivity index (χ3n) is 10.9. The zero-order valence-corrected chi connectivity index (χ0v) is 34.7. The molecular weight excluding hydrogens is 653 g/mol. The second kappa shape index (κ2) is 23.7. The second-order valence-corrected chi connectivity index (χ2v) is 16.6. The Balaban J connectivity index is 0.000000238. The first kappa shape index (κ1) is 45.2. The molecule has 2 aliphatic carbocycles. The summed E-state index contributed by atoms with van der Waals surface area (Å²) in [7, 11) is 0. The normalized spacial score (nSPS) is 19.2. The summed E-state index contributed by atoms with van der Waals surface area (Å²) in [4.78, 5) is 0. The van der Waals surface area contributed by atoms with Gasteiger partial charge in [0.15, 0.2) is 0 Å². The molecule has 0 unspecified atom stereocenters. The Bertz CT molecular complexity index is 1390. The average Bonchev–Trinajstić information content (AvgIpc) is 3.12. The van der Waals surface area contributed by atoms with Gasteiger partial charge in [0.25, 0.3) is 0 Å². The number of hydrogen-bond acceptors (Lipinski definition) is 4. The smallest absolute Gasteiger partial charge is 0.119 e. The van der Waals surface area contributed by atoms with Crippen LogP contribution in [0.4, 0.5) is 0 Å². The summed E-state index contributed by atoms with van der Waals surface area (Å²) in [6, 6.07) is 25.2. The van der Waals surface area contributed by atoms with Gasteiger partial charge in [-0.25, -0.2) is 0 Å². The van der Waals surface area contributed by atoms with E-state index in [9.17, 15) is 10.2 Å². The zero-order chi connectivity index (χ0) is 39.5. The first-order chi connectivity index (χ1) is 25.0. The van der Waals surface area contributed by atoms with Crippen molar-refractivity contribution < 1.29 is 20.4 Å². The molecule has 4 aromatic rings. The highest BCUT2D eigenvalue weighted by atomic mass is 16.3. The fraction of sp³-hybridized carbons (Fsp3) is 0.510. The summed E-state index contributed by atoms with van der Waals surface area (Å²) in [6.07, 6.45) is 12.4. The lowest BCUT2D eigenvalue weighted by molar-refractivity contribution is 0.234. The number of phenols is 4. The molecule has 0 aromatic heterocycles. The van der Waals surface area contributed by atoms with Crippen molar-refractivity contribution in [3.8, 4) is 23.0 Å². The van der Waals surface area contributed by atoms with Gasteiger partial charge >= 0.3 is 0 Å². The monoisotopic (exact) mass is 725 g/mol. The summed E-state index contributed by atoms with van der Waals surface area (Å²) in [6.45, 7) is 22.2. The van der Waals surface area contributed by atoms with Crippen molar-refractivity contribution in [2.45, 2.75) is 127 Å². The molecule has 0 amide bonds. The molecule has 4 nitrogen and oxygen atoms in total. The molecule has 2 saturated carbocycles. The molecule has 292 valence electrons. The highest BCUT2D eigenvalue weighted by Crippen LogP contribution is 2.33. The second-order valence-electron chi connectivity index (χ2n) is 16.6. The Morgan fingerprint density at radius 1 is 0.434 bits per heavy atom. The molecule has 6 rings (SSSR count). The van der Waals surface area contributed by atoms with Gasteiger partial charge in [-0.2, -0.15) is 0 Å². The molecule has 4 heteroatoms. The molecule has 2 fully saturated rings. The largest absolute Gasteiger partial charge is 0.508 e. The number of aromatic hydroxyl groups is 4. The van der Waals surface area contributed by atoms with Crippen molar-refractivity contribution in [2.24, 2.45) is 35.5 Å². The van der Waals surface area contributed by atoms with Crippen molar-refractivity contribution in [3.63, 3.8) is 0 Å². The van der Waals surface area contributed by atoms with Gasteiger partial charge in [-0.3, -0.25) is 0 Å². The summed E-state index contributed by atoms with van der Waals surface area (Å²) < 4.78 is 0. The first-order valence-corrected chi connectivity index (χ1v) is 20.1. The summed E-state index contributed by atoms with van der Waals surface area (Å²) in [5.41, 5.74) is 6.22. The van der Waals surface area contributed by atoms with E-state index in [0.29, 0.717) is 17.9 Å². The van der Waals surface area contributed by atoms with Crippen LogP contribution in [0.5, 0.6) is 23.0 Å². The summed E-state index contributed by atoms with van der Waals surface area (Å²) >= 11 is 0. The van der Waals surface area contributed by atoms with Crippen LogP contribution in [0.2, 0.25) is 0 Å². The van der Waals surface area contributed by atoms with Crippen LogP contribution in [0.25, 0.3) is 0 Å². The van der Waals surface area contributed by atoms with E-state index in [1.54, 1.807) is 36.4 Å². The van der Waals surface area contributed by atoms with E-state index in [1.807, 2.05) is 76.2 Å². The van der Waals surface area contributed by atoms with E-state index < -0.39 is 0 Å². The Hall–Kier alpha value is -3.92. The van der Waals surface area contributed by atoms with Crippen molar-refractivity contribution in [3.05, 3.63) is 118 Å². The van der Waals surface area contributed by atoms with Gasteiger partial charge in [-0.05, 0) is 136 Å². The molecule has 2 aliphatic rings. The molecule has 0 aliphatic heterocycles. The lowest BCUT2D eigenvalue weighted by Gasteiger charge is -2.28. The third-order valence-corrected chi connectivity index (χ3v) is 10.9. The highest BCUT2D eigenvalue weighted by Gasteiger charge is 2.21. The van der Waals surface area contributed by atoms with Crippen LogP contribution in [0.15, 0.2) is 84.9 Å². The van der Waals surface area contributed by atoms with E-state index in [2.05, 4.69) is 41.5 Å². The Labute approximate surface area is 323 Å². The van der Waals surface area contributed by atoms with Crippen LogP contribution in [-0.2, 0) is 6.42 Å². The third kappa shape index (κ3) is 18.6. The molecule has 53 heavy (non-hydrogen) atoms. The minimum absolute atomic E-state index is 0.275. The van der Waals surface area contributed by atoms with Crippen LogP contribution in [0, 0.1) is 63.2 Å². The Kier molecular flexibility index (Phi) is 20.2. The molecule has 4 N–H and O–H groups in total. The maximum Gasteiger partial charge on any atom is 0.119 e. The lowest BCUT2D eigenvalue weighted by atomic mass is 9.78. The molecule has 4 aromatic carbocycles. The van der Waals surface area contributed by atoms with E-state index in [-0.39, 0.29) is 11.5 Å². The van der Waals surface area contributed by atoms with Crippen LogP contribution in [0.3, 0.4) is 0 Å². The van der Waals surface area contributed by atoms with E-state index in [0.717, 1.165) is 57.8 Å². The Morgan fingerprint density at radius 2 is 0.717 bits per heavy atom. The van der Waals surface area contributed by atoms with Gasteiger partial charge in [0.05, 0.1) is 0 Å². The molecule has 0 radical (unpaired) electrons. The summed E-state index contributed by atoms with van der Waals surface area (Å²) in [5, 5.41) is 37.1. The first-order valence-electron chi connectivity index (χ1n) is 20.1. The number of aryl methyl sites for hydroxylation is 4.